The predicted molar refractivity (Wildman–Crippen MR) is 86.8 cm³/mol. The predicted octanol–water partition coefficient (Wildman–Crippen LogP) is 2.73. The Bertz CT molecular complexity index is 701. The molecular weight excluding hydrogens is 292 g/mol. The minimum atomic E-state index is -0.157. The highest BCUT2D eigenvalue weighted by Crippen LogP contribution is 2.35. The van der Waals surface area contributed by atoms with E-state index in [-0.39, 0.29) is 12.0 Å². The average Bonchev–Trinajstić information content (AvgIpc) is 2.92. The van der Waals surface area contributed by atoms with Crippen LogP contribution < -0.4 is 14.8 Å². The third kappa shape index (κ3) is 3.44. The molecule has 1 amide bonds. The van der Waals surface area contributed by atoms with E-state index in [1.54, 1.807) is 24.5 Å². The molecule has 5 nitrogen and oxygen atoms in total. The Labute approximate surface area is 135 Å². The van der Waals surface area contributed by atoms with E-state index in [0.29, 0.717) is 18.7 Å². The van der Waals surface area contributed by atoms with Crippen molar-refractivity contribution in [3.05, 3.63) is 53.3 Å². The number of carbonyl (C=O) groups excluding carboxylic acids is 1. The zero-order chi connectivity index (χ0) is 16.2. The quantitative estimate of drug-likeness (QED) is 0.922. The number of nitrogens with one attached hydrogen (secondary N) is 1. The van der Waals surface area contributed by atoms with Gasteiger partial charge in [-0.1, -0.05) is 0 Å². The van der Waals surface area contributed by atoms with Crippen LogP contribution in [0.25, 0.3) is 0 Å². The molecule has 1 aliphatic heterocycles. The van der Waals surface area contributed by atoms with Crippen molar-refractivity contribution in [2.75, 3.05) is 6.61 Å². The Balaban J connectivity index is 1.76. The van der Waals surface area contributed by atoms with Crippen LogP contribution >= 0.6 is 0 Å². The number of ether oxygens (including phenoxy) is 2. The van der Waals surface area contributed by atoms with Crippen molar-refractivity contribution in [2.45, 2.75) is 32.9 Å². The number of hydrogen-bond donors (Lipinski definition) is 1. The molecule has 2 aromatic rings. The zero-order valence-electron chi connectivity index (χ0n) is 13.3. The van der Waals surface area contributed by atoms with Gasteiger partial charge >= 0.3 is 0 Å². The third-order valence-corrected chi connectivity index (χ3v) is 3.74. The molecule has 23 heavy (non-hydrogen) atoms. The van der Waals surface area contributed by atoms with Gasteiger partial charge in [0.25, 0.3) is 5.91 Å². The fourth-order valence-corrected chi connectivity index (χ4v) is 2.68. The number of pyridine rings is 1. The third-order valence-electron chi connectivity index (χ3n) is 3.74. The number of carbonyl (C=O) groups is 1. The van der Waals surface area contributed by atoms with Crippen LogP contribution in [0.15, 0.2) is 36.7 Å². The second-order valence-corrected chi connectivity index (χ2v) is 5.56. The van der Waals surface area contributed by atoms with Gasteiger partial charge in [-0.15, -0.1) is 0 Å². The summed E-state index contributed by atoms with van der Waals surface area (Å²) in [6, 6.07) is 7.46. The molecule has 1 aromatic heterocycles. The van der Waals surface area contributed by atoms with Gasteiger partial charge in [-0.2, -0.15) is 0 Å². The topological polar surface area (TPSA) is 60.5 Å². The van der Waals surface area contributed by atoms with Gasteiger partial charge in [-0.3, -0.25) is 9.78 Å². The molecule has 0 bridgehead atoms. The molecule has 0 spiro atoms. The van der Waals surface area contributed by atoms with E-state index in [9.17, 15) is 4.79 Å². The molecule has 120 valence electrons. The summed E-state index contributed by atoms with van der Waals surface area (Å²) in [6.45, 7) is 4.96. The normalized spacial score (nSPS) is 15.7. The molecule has 1 aromatic carbocycles. The second kappa shape index (κ2) is 6.69. The largest absolute Gasteiger partial charge is 0.494 e. The lowest BCUT2D eigenvalue weighted by molar-refractivity contribution is 0.0950. The highest BCUT2D eigenvalue weighted by molar-refractivity contribution is 5.93. The van der Waals surface area contributed by atoms with E-state index >= 15 is 0 Å². The minimum Gasteiger partial charge on any atom is -0.494 e. The molecule has 0 fully saturated rings. The van der Waals surface area contributed by atoms with E-state index in [0.717, 1.165) is 29.0 Å². The van der Waals surface area contributed by atoms with Gasteiger partial charge in [0, 0.05) is 36.5 Å². The maximum Gasteiger partial charge on any atom is 0.253 e. The molecule has 0 aliphatic carbocycles. The molecule has 5 heteroatoms. The van der Waals surface area contributed by atoms with Crippen LogP contribution in [0.2, 0.25) is 0 Å². The minimum absolute atomic E-state index is 0.157. The molecule has 0 saturated heterocycles. The smallest absolute Gasteiger partial charge is 0.253 e. The number of nitrogens with zero attached hydrogens (tertiary/aromatic N) is 1. The van der Waals surface area contributed by atoms with Crippen molar-refractivity contribution >= 4 is 5.91 Å². The van der Waals surface area contributed by atoms with Crippen molar-refractivity contribution in [2.24, 2.45) is 0 Å². The fraction of sp³-hybridized carbons (Fsp3) is 0.333. The molecule has 2 heterocycles. The monoisotopic (exact) mass is 312 g/mol. The number of rotatable bonds is 5. The van der Waals surface area contributed by atoms with Crippen LogP contribution in [-0.2, 0) is 13.0 Å². The van der Waals surface area contributed by atoms with Crippen molar-refractivity contribution < 1.29 is 14.3 Å². The van der Waals surface area contributed by atoms with E-state index in [1.807, 2.05) is 26.0 Å². The molecule has 0 radical (unpaired) electrons. The first-order chi connectivity index (χ1) is 11.2. The Kier molecular flexibility index (Phi) is 4.46. The number of amides is 1. The Morgan fingerprint density at radius 3 is 3.09 bits per heavy atom. The molecular formula is C18H20N2O3. The Morgan fingerprint density at radius 1 is 1.48 bits per heavy atom. The van der Waals surface area contributed by atoms with Crippen LogP contribution in [0.5, 0.6) is 11.5 Å². The van der Waals surface area contributed by atoms with Gasteiger partial charge < -0.3 is 14.8 Å². The highest BCUT2D eigenvalue weighted by atomic mass is 16.5. The molecule has 1 aliphatic rings. The first kappa shape index (κ1) is 15.3. The molecule has 3 rings (SSSR count). The van der Waals surface area contributed by atoms with Crippen LogP contribution in [0.1, 0.15) is 35.3 Å². The van der Waals surface area contributed by atoms with E-state index in [1.165, 1.54) is 0 Å². The van der Waals surface area contributed by atoms with E-state index in [2.05, 4.69) is 10.3 Å². The fourth-order valence-electron chi connectivity index (χ4n) is 2.68. The van der Waals surface area contributed by atoms with E-state index in [4.69, 9.17) is 9.47 Å². The SMILES string of the molecule is CCOc1cc2c(cc1CNC(=O)c1cccnc1)OC(C)C2. The summed E-state index contributed by atoms with van der Waals surface area (Å²) in [5.41, 5.74) is 2.61. The summed E-state index contributed by atoms with van der Waals surface area (Å²) in [4.78, 5) is 16.1. The molecule has 0 saturated carbocycles. The zero-order valence-corrected chi connectivity index (χ0v) is 13.3. The van der Waals surface area contributed by atoms with Crippen molar-refractivity contribution in [3.63, 3.8) is 0 Å². The Morgan fingerprint density at radius 2 is 2.35 bits per heavy atom. The average molecular weight is 312 g/mol. The molecule has 1 N–H and O–H groups in total. The van der Waals surface area contributed by atoms with Gasteiger partial charge in [0.2, 0.25) is 0 Å². The molecule has 1 atom stereocenters. The van der Waals surface area contributed by atoms with E-state index < -0.39 is 0 Å². The standard InChI is InChI=1S/C18H20N2O3/c1-3-22-16-8-14-7-12(2)23-17(14)9-15(16)11-20-18(21)13-5-4-6-19-10-13/h4-6,8-10,12H,3,7,11H2,1-2H3,(H,20,21). The van der Waals surface area contributed by atoms with Crippen LogP contribution in [0.4, 0.5) is 0 Å². The maximum absolute atomic E-state index is 12.1. The Hall–Kier alpha value is -2.56. The highest BCUT2D eigenvalue weighted by Gasteiger charge is 2.22. The van der Waals surface area contributed by atoms with Gasteiger partial charge in [0.1, 0.15) is 17.6 Å². The number of benzene rings is 1. The maximum atomic E-state index is 12.1. The summed E-state index contributed by atoms with van der Waals surface area (Å²) < 4.78 is 11.5. The lowest BCUT2D eigenvalue weighted by Gasteiger charge is -2.13. The van der Waals surface area contributed by atoms with Crippen molar-refractivity contribution in [1.29, 1.82) is 0 Å². The summed E-state index contributed by atoms with van der Waals surface area (Å²) in [7, 11) is 0. The van der Waals surface area contributed by atoms with Crippen LogP contribution in [0, 0.1) is 0 Å². The summed E-state index contributed by atoms with van der Waals surface area (Å²) in [5.74, 6) is 1.53. The number of hydrogen-bond acceptors (Lipinski definition) is 4. The second-order valence-electron chi connectivity index (χ2n) is 5.56. The van der Waals surface area contributed by atoms with Crippen LogP contribution in [-0.4, -0.2) is 23.6 Å². The lowest BCUT2D eigenvalue weighted by Crippen LogP contribution is -2.23. The number of aromatic nitrogens is 1. The summed E-state index contributed by atoms with van der Waals surface area (Å²) in [6.07, 6.45) is 4.26. The summed E-state index contributed by atoms with van der Waals surface area (Å²) in [5, 5.41) is 2.90. The number of fused-ring (bicyclic) bond motifs is 1. The first-order valence-corrected chi connectivity index (χ1v) is 7.81. The van der Waals surface area contributed by atoms with Crippen molar-refractivity contribution in [3.8, 4) is 11.5 Å². The lowest BCUT2D eigenvalue weighted by atomic mass is 10.1. The van der Waals surface area contributed by atoms with Gasteiger partial charge in [-0.25, -0.2) is 0 Å². The summed E-state index contributed by atoms with van der Waals surface area (Å²) >= 11 is 0. The van der Waals surface area contributed by atoms with Gasteiger partial charge in [0.15, 0.2) is 0 Å². The van der Waals surface area contributed by atoms with Gasteiger partial charge in [0.05, 0.1) is 12.2 Å². The van der Waals surface area contributed by atoms with Crippen molar-refractivity contribution in [1.82, 2.24) is 10.3 Å². The molecule has 1 unspecified atom stereocenters. The van der Waals surface area contributed by atoms with Crippen LogP contribution in [0.3, 0.4) is 0 Å². The van der Waals surface area contributed by atoms with Gasteiger partial charge in [-0.05, 0) is 38.1 Å². The first-order valence-electron chi connectivity index (χ1n) is 7.81.